The highest BCUT2D eigenvalue weighted by Crippen LogP contribution is 2.19. The molecule has 2 N–H and O–H groups in total. The fourth-order valence-corrected chi connectivity index (χ4v) is 1.95. The van der Waals surface area contributed by atoms with E-state index in [4.69, 9.17) is 5.73 Å². The number of carbonyl (C=O) groups is 1. The van der Waals surface area contributed by atoms with E-state index in [1.54, 1.807) is 18.3 Å². The number of likely N-dealkylation sites (tertiary alicyclic amines) is 1. The first-order chi connectivity index (χ1) is 7.18. The Kier molecular flexibility index (Phi) is 2.58. The van der Waals surface area contributed by atoms with Gasteiger partial charge in [-0.25, -0.2) is 0 Å². The summed E-state index contributed by atoms with van der Waals surface area (Å²) >= 11 is 0. The van der Waals surface area contributed by atoms with Crippen LogP contribution in [0.1, 0.15) is 30.3 Å². The maximum absolute atomic E-state index is 12.0. The summed E-state index contributed by atoms with van der Waals surface area (Å²) in [6.45, 7) is 2.90. The number of nitrogen functional groups attached to an aromatic ring is 1. The molecule has 1 atom stereocenters. The smallest absolute Gasteiger partial charge is 0.272 e. The Labute approximate surface area is 89.1 Å². The van der Waals surface area contributed by atoms with Crippen LogP contribution in [0.5, 0.6) is 0 Å². The second-order valence-electron chi connectivity index (χ2n) is 3.96. The van der Waals surface area contributed by atoms with E-state index in [-0.39, 0.29) is 5.91 Å². The fraction of sp³-hybridized carbons (Fsp3) is 0.455. The fourth-order valence-electron chi connectivity index (χ4n) is 1.95. The van der Waals surface area contributed by atoms with Gasteiger partial charge in [0.1, 0.15) is 5.69 Å². The molecule has 0 spiro atoms. The first-order valence-corrected chi connectivity index (χ1v) is 5.21. The molecule has 2 rings (SSSR count). The van der Waals surface area contributed by atoms with Gasteiger partial charge in [-0.15, -0.1) is 0 Å². The van der Waals surface area contributed by atoms with E-state index < -0.39 is 0 Å². The maximum atomic E-state index is 12.0. The number of hydrogen-bond donors (Lipinski definition) is 1. The molecule has 0 aliphatic carbocycles. The molecule has 1 fully saturated rings. The summed E-state index contributed by atoms with van der Waals surface area (Å²) in [7, 11) is 0. The van der Waals surface area contributed by atoms with Gasteiger partial charge in [0.25, 0.3) is 5.91 Å². The Morgan fingerprint density at radius 2 is 2.47 bits per heavy atom. The zero-order valence-electron chi connectivity index (χ0n) is 8.81. The molecule has 4 heteroatoms. The van der Waals surface area contributed by atoms with E-state index in [9.17, 15) is 4.79 Å². The highest BCUT2D eigenvalue weighted by Gasteiger charge is 2.26. The van der Waals surface area contributed by atoms with Crippen LogP contribution < -0.4 is 5.73 Å². The molecule has 2 heterocycles. The summed E-state index contributed by atoms with van der Waals surface area (Å²) in [6, 6.07) is 3.64. The molecule has 0 bridgehead atoms. The van der Waals surface area contributed by atoms with Crippen molar-refractivity contribution in [3.05, 3.63) is 24.0 Å². The normalized spacial score (nSPS) is 20.6. The second kappa shape index (κ2) is 3.88. The van der Waals surface area contributed by atoms with Crippen LogP contribution in [0.3, 0.4) is 0 Å². The minimum atomic E-state index is -0.00713. The van der Waals surface area contributed by atoms with Gasteiger partial charge < -0.3 is 10.6 Å². The van der Waals surface area contributed by atoms with Gasteiger partial charge >= 0.3 is 0 Å². The number of nitrogens with zero attached hydrogens (tertiary/aromatic N) is 2. The predicted octanol–water partition coefficient (Wildman–Crippen LogP) is 1.29. The molecule has 1 saturated heterocycles. The lowest BCUT2D eigenvalue weighted by Gasteiger charge is -2.20. The third-order valence-electron chi connectivity index (χ3n) is 2.82. The Morgan fingerprint density at radius 1 is 1.67 bits per heavy atom. The number of pyridine rings is 1. The SMILES string of the molecule is CC1CCCN1C(=O)c1cc(N)ccn1. The van der Waals surface area contributed by atoms with Crippen molar-refractivity contribution < 1.29 is 4.79 Å². The number of aromatic nitrogens is 1. The van der Waals surface area contributed by atoms with E-state index in [1.807, 2.05) is 4.90 Å². The third kappa shape index (κ3) is 1.93. The molecule has 0 saturated carbocycles. The first kappa shape index (κ1) is 9.96. The van der Waals surface area contributed by atoms with Gasteiger partial charge in [-0.2, -0.15) is 0 Å². The van der Waals surface area contributed by atoms with Gasteiger partial charge in [0.2, 0.25) is 0 Å². The third-order valence-corrected chi connectivity index (χ3v) is 2.82. The summed E-state index contributed by atoms with van der Waals surface area (Å²) < 4.78 is 0. The Balaban J connectivity index is 2.20. The van der Waals surface area contributed by atoms with E-state index in [0.29, 0.717) is 17.4 Å². The molecule has 4 nitrogen and oxygen atoms in total. The number of rotatable bonds is 1. The lowest BCUT2D eigenvalue weighted by molar-refractivity contribution is 0.0741. The van der Waals surface area contributed by atoms with Crippen LogP contribution in [0, 0.1) is 0 Å². The number of amides is 1. The summed E-state index contributed by atoms with van der Waals surface area (Å²) in [6.07, 6.45) is 3.73. The zero-order valence-corrected chi connectivity index (χ0v) is 8.81. The standard InChI is InChI=1S/C11H15N3O/c1-8-3-2-6-14(8)11(15)10-7-9(12)4-5-13-10/h4-5,7-8H,2-3,6H2,1H3,(H2,12,13). The van der Waals surface area contributed by atoms with Crippen molar-refractivity contribution >= 4 is 11.6 Å². The van der Waals surface area contributed by atoms with Crippen LogP contribution in [-0.4, -0.2) is 28.4 Å². The Morgan fingerprint density at radius 3 is 3.07 bits per heavy atom. The molecule has 15 heavy (non-hydrogen) atoms. The summed E-state index contributed by atoms with van der Waals surface area (Å²) in [5, 5.41) is 0. The molecule has 1 unspecified atom stereocenters. The van der Waals surface area contributed by atoms with Gasteiger partial charge in [-0.3, -0.25) is 9.78 Å². The Bertz CT molecular complexity index is 378. The van der Waals surface area contributed by atoms with Crippen molar-refractivity contribution in [2.45, 2.75) is 25.8 Å². The second-order valence-corrected chi connectivity index (χ2v) is 3.96. The van der Waals surface area contributed by atoms with Crippen molar-refractivity contribution in [2.75, 3.05) is 12.3 Å². The number of anilines is 1. The zero-order chi connectivity index (χ0) is 10.8. The molecular weight excluding hydrogens is 190 g/mol. The molecule has 0 radical (unpaired) electrons. The van der Waals surface area contributed by atoms with Gasteiger partial charge in [-0.05, 0) is 31.9 Å². The van der Waals surface area contributed by atoms with Gasteiger partial charge in [0.15, 0.2) is 0 Å². The summed E-state index contributed by atoms with van der Waals surface area (Å²) in [5.74, 6) is -0.00713. The van der Waals surface area contributed by atoms with Crippen LogP contribution in [0.15, 0.2) is 18.3 Å². The molecule has 1 aliphatic rings. The average molecular weight is 205 g/mol. The predicted molar refractivity (Wildman–Crippen MR) is 58.4 cm³/mol. The number of carbonyl (C=O) groups excluding carboxylic acids is 1. The summed E-state index contributed by atoms with van der Waals surface area (Å²) in [4.78, 5) is 17.9. The van der Waals surface area contributed by atoms with Crippen molar-refractivity contribution in [3.8, 4) is 0 Å². The topological polar surface area (TPSA) is 59.2 Å². The largest absolute Gasteiger partial charge is 0.399 e. The van der Waals surface area contributed by atoms with Crippen LogP contribution in [0.25, 0.3) is 0 Å². The van der Waals surface area contributed by atoms with Crippen molar-refractivity contribution in [2.24, 2.45) is 0 Å². The van der Waals surface area contributed by atoms with Crippen molar-refractivity contribution in [1.82, 2.24) is 9.88 Å². The van der Waals surface area contributed by atoms with E-state index in [1.165, 1.54) is 0 Å². The maximum Gasteiger partial charge on any atom is 0.272 e. The molecular formula is C11H15N3O. The molecule has 0 aromatic carbocycles. The lowest BCUT2D eigenvalue weighted by Crippen LogP contribution is -2.34. The Hall–Kier alpha value is -1.58. The van der Waals surface area contributed by atoms with Gasteiger partial charge in [0, 0.05) is 24.5 Å². The minimum Gasteiger partial charge on any atom is -0.399 e. The van der Waals surface area contributed by atoms with Crippen LogP contribution >= 0.6 is 0 Å². The van der Waals surface area contributed by atoms with Crippen LogP contribution in [-0.2, 0) is 0 Å². The number of nitrogens with two attached hydrogens (primary N) is 1. The summed E-state index contributed by atoms with van der Waals surface area (Å²) in [5.41, 5.74) is 6.65. The molecule has 1 amide bonds. The first-order valence-electron chi connectivity index (χ1n) is 5.21. The van der Waals surface area contributed by atoms with E-state index in [2.05, 4.69) is 11.9 Å². The van der Waals surface area contributed by atoms with Crippen molar-refractivity contribution in [1.29, 1.82) is 0 Å². The van der Waals surface area contributed by atoms with E-state index >= 15 is 0 Å². The quantitative estimate of drug-likeness (QED) is 0.751. The number of hydrogen-bond acceptors (Lipinski definition) is 3. The van der Waals surface area contributed by atoms with E-state index in [0.717, 1.165) is 19.4 Å². The van der Waals surface area contributed by atoms with Gasteiger partial charge in [0.05, 0.1) is 0 Å². The van der Waals surface area contributed by atoms with Crippen molar-refractivity contribution in [3.63, 3.8) is 0 Å². The highest BCUT2D eigenvalue weighted by molar-refractivity contribution is 5.93. The molecule has 1 aromatic rings. The monoisotopic (exact) mass is 205 g/mol. The lowest BCUT2D eigenvalue weighted by atomic mass is 10.2. The van der Waals surface area contributed by atoms with Gasteiger partial charge in [-0.1, -0.05) is 0 Å². The average Bonchev–Trinajstić information content (AvgIpc) is 2.63. The molecule has 80 valence electrons. The van der Waals surface area contributed by atoms with Crippen LogP contribution in [0.4, 0.5) is 5.69 Å². The highest BCUT2D eigenvalue weighted by atomic mass is 16.2. The molecule has 1 aromatic heterocycles. The van der Waals surface area contributed by atoms with Crippen LogP contribution in [0.2, 0.25) is 0 Å². The minimum absolute atomic E-state index is 0.00713. The molecule has 1 aliphatic heterocycles.